The van der Waals surface area contributed by atoms with Crippen molar-refractivity contribution in [3.8, 4) is 11.5 Å². The summed E-state index contributed by atoms with van der Waals surface area (Å²) in [5, 5.41) is 13.8. The van der Waals surface area contributed by atoms with Crippen molar-refractivity contribution in [1.82, 2.24) is 4.98 Å². The third kappa shape index (κ3) is 3.01. The lowest BCUT2D eigenvalue weighted by molar-refractivity contribution is 0.318. The summed E-state index contributed by atoms with van der Waals surface area (Å²) in [6.45, 7) is 2.36. The van der Waals surface area contributed by atoms with Crippen LogP contribution in [0.4, 0.5) is 6.01 Å². The molecule has 3 rings (SSSR count). The highest BCUT2D eigenvalue weighted by Crippen LogP contribution is 2.26. The highest BCUT2D eigenvalue weighted by molar-refractivity contribution is 5.81. The molecule has 0 bridgehead atoms. The minimum Gasteiger partial charge on any atom is -0.504 e. The van der Waals surface area contributed by atoms with Crippen LogP contribution in [0.3, 0.4) is 0 Å². The first-order valence-electron chi connectivity index (χ1n) is 6.86. The molecule has 1 aromatic heterocycles. The van der Waals surface area contributed by atoms with E-state index in [1.54, 1.807) is 24.4 Å². The number of nitrogens with zero attached hydrogens (tertiary/aromatic N) is 2. The molecule has 0 atom stereocenters. The van der Waals surface area contributed by atoms with Gasteiger partial charge in [-0.3, -0.25) is 0 Å². The Kier molecular flexibility index (Phi) is 3.91. The number of aromatic hydroxyl groups is 1. The van der Waals surface area contributed by atoms with E-state index >= 15 is 0 Å². The number of aromatic nitrogens is 1. The molecule has 22 heavy (non-hydrogen) atoms. The Balaban J connectivity index is 1.70. The average molecular weight is 297 g/mol. The van der Waals surface area contributed by atoms with Crippen LogP contribution in [0.25, 0.3) is 11.1 Å². The summed E-state index contributed by atoms with van der Waals surface area (Å²) in [5.41, 5.74) is 4.90. The zero-order valence-corrected chi connectivity index (χ0v) is 12.0. The zero-order valence-electron chi connectivity index (χ0n) is 12.0. The topological polar surface area (TPSA) is 79.9 Å². The summed E-state index contributed by atoms with van der Waals surface area (Å²) >= 11 is 0. The second kappa shape index (κ2) is 6.17. The molecular formula is C16H15N3O3. The minimum atomic E-state index is 0.0765. The molecule has 2 aromatic carbocycles. The third-order valence-corrected chi connectivity index (χ3v) is 2.95. The molecule has 0 amide bonds. The van der Waals surface area contributed by atoms with Crippen LogP contribution >= 0.6 is 0 Å². The molecule has 3 aromatic rings. The highest BCUT2D eigenvalue weighted by atomic mass is 16.5. The lowest BCUT2D eigenvalue weighted by atomic mass is 10.2. The summed E-state index contributed by atoms with van der Waals surface area (Å²) < 4.78 is 10.7. The summed E-state index contributed by atoms with van der Waals surface area (Å²) in [7, 11) is 0. The number of fused-ring (bicyclic) bond motifs is 1. The Morgan fingerprint density at radius 1 is 1.32 bits per heavy atom. The number of hydrogen-bond donors (Lipinski definition) is 2. The van der Waals surface area contributed by atoms with Crippen LogP contribution in [0.2, 0.25) is 0 Å². The molecule has 0 aliphatic carbocycles. The monoisotopic (exact) mass is 297 g/mol. The van der Waals surface area contributed by atoms with Gasteiger partial charge in [0.05, 0.1) is 12.8 Å². The van der Waals surface area contributed by atoms with E-state index in [1.165, 1.54) is 0 Å². The SMILES string of the molecule is CCOc1ccc(C=NNc2nc3ccccc3o2)cc1O. The Morgan fingerprint density at radius 2 is 2.18 bits per heavy atom. The highest BCUT2D eigenvalue weighted by Gasteiger charge is 2.04. The van der Waals surface area contributed by atoms with Crippen molar-refractivity contribution in [3.05, 3.63) is 48.0 Å². The van der Waals surface area contributed by atoms with Crippen molar-refractivity contribution in [2.24, 2.45) is 5.10 Å². The van der Waals surface area contributed by atoms with Crippen molar-refractivity contribution in [1.29, 1.82) is 0 Å². The number of hydrogen-bond acceptors (Lipinski definition) is 6. The standard InChI is InChI=1S/C16H15N3O3/c1-2-21-15-8-7-11(9-13(15)20)10-17-19-16-18-12-5-3-4-6-14(12)22-16/h3-10,20H,2H2,1H3,(H,18,19). The van der Waals surface area contributed by atoms with Gasteiger partial charge in [0.2, 0.25) is 0 Å². The van der Waals surface area contributed by atoms with E-state index in [1.807, 2.05) is 31.2 Å². The van der Waals surface area contributed by atoms with E-state index in [-0.39, 0.29) is 5.75 Å². The van der Waals surface area contributed by atoms with Gasteiger partial charge in [-0.25, -0.2) is 5.43 Å². The lowest BCUT2D eigenvalue weighted by Gasteiger charge is -2.05. The van der Waals surface area contributed by atoms with Gasteiger partial charge in [0, 0.05) is 0 Å². The number of ether oxygens (including phenoxy) is 1. The second-order valence-electron chi connectivity index (χ2n) is 4.52. The molecule has 0 fully saturated rings. The molecule has 0 saturated heterocycles. The first-order chi connectivity index (χ1) is 10.8. The predicted octanol–water partition coefficient (Wildman–Crippen LogP) is 3.38. The van der Waals surface area contributed by atoms with Crippen molar-refractivity contribution in [3.63, 3.8) is 0 Å². The van der Waals surface area contributed by atoms with E-state index in [0.717, 1.165) is 11.1 Å². The van der Waals surface area contributed by atoms with Gasteiger partial charge in [-0.05, 0) is 42.8 Å². The van der Waals surface area contributed by atoms with Gasteiger partial charge >= 0.3 is 6.01 Å². The van der Waals surface area contributed by atoms with Crippen LogP contribution in [0.1, 0.15) is 12.5 Å². The van der Waals surface area contributed by atoms with Crippen LogP contribution in [-0.4, -0.2) is 22.9 Å². The maximum atomic E-state index is 9.80. The Morgan fingerprint density at radius 3 is 2.95 bits per heavy atom. The van der Waals surface area contributed by atoms with Crippen LogP contribution in [-0.2, 0) is 0 Å². The first kappa shape index (κ1) is 13.9. The number of para-hydroxylation sites is 2. The van der Waals surface area contributed by atoms with Crippen LogP contribution in [0, 0.1) is 0 Å². The largest absolute Gasteiger partial charge is 0.504 e. The smallest absolute Gasteiger partial charge is 0.316 e. The fraction of sp³-hybridized carbons (Fsp3) is 0.125. The van der Waals surface area contributed by atoms with Gasteiger partial charge in [0.1, 0.15) is 5.52 Å². The first-order valence-corrected chi connectivity index (χ1v) is 6.86. The molecule has 0 aliphatic heterocycles. The maximum Gasteiger partial charge on any atom is 0.316 e. The van der Waals surface area contributed by atoms with Crippen molar-refractivity contribution >= 4 is 23.3 Å². The van der Waals surface area contributed by atoms with Gasteiger partial charge in [-0.2, -0.15) is 10.1 Å². The van der Waals surface area contributed by atoms with E-state index in [4.69, 9.17) is 9.15 Å². The summed E-state index contributed by atoms with van der Waals surface area (Å²) in [4.78, 5) is 4.24. The van der Waals surface area contributed by atoms with Gasteiger partial charge < -0.3 is 14.3 Å². The normalized spacial score (nSPS) is 11.1. The molecule has 112 valence electrons. The molecule has 1 heterocycles. The van der Waals surface area contributed by atoms with Crippen LogP contribution < -0.4 is 10.2 Å². The molecule has 0 unspecified atom stereocenters. The van der Waals surface area contributed by atoms with E-state index in [0.29, 0.717) is 24.0 Å². The molecule has 0 radical (unpaired) electrons. The van der Waals surface area contributed by atoms with Crippen LogP contribution in [0.5, 0.6) is 11.5 Å². The van der Waals surface area contributed by atoms with E-state index < -0.39 is 0 Å². The van der Waals surface area contributed by atoms with Gasteiger partial charge in [0.15, 0.2) is 17.1 Å². The summed E-state index contributed by atoms with van der Waals surface area (Å²) in [6, 6.07) is 12.8. The van der Waals surface area contributed by atoms with Gasteiger partial charge in [-0.1, -0.05) is 12.1 Å². The number of nitrogens with one attached hydrogen (secondary N) is 1. The fourth-order valence-electron chi connectivity index (χ4n) is 1.97. The fourth-order valence-corrected chi connectivity index (χ4v) is 1.97. The van der Waals surface area contributed by atoms with E-state index in [9.17, 15) is 5.11 Å². The number of phenols is 1. The summed E-state index contributed by atoms with van der Waals surface area (Å²) in [6.07, 6.45) is 1.56. The number of rotatable bonds is 5. The molecule has 6 heteroatoms. The maximum absolute atomic E-state index is 9.80. The number of phenolic OH excluding ortho intramolecular Hbond substituents is 1. The lowest BCUT2D eigenvalue weighted by Crippen LogP contribution is -1.93. The van der Waals surface area contributed by atoms with E-state index in [2.05, 4.69) is 15.5 Å². The molecule has 0 aliphatic rings. The summed E-state index contributed by atoms with van der Waals surface area (Å²) in [5.74, 6) is 0.527. The van der Waals surface area contributed by atoms with Crippen molar-refractivity contribution in [2.75, 3.05) is 12.0 Å². The number of oxazole rings is 1. The number of benzene rings is 2. The van der Waals surface area contributed by atoms with Crippen LogP contribution in [0.15, 0.2) is 52.0 Å². The number of hydrazone groups is 1. The Bertz CT molecular complexity index is 778. The quantitative estimate of drug-likeness (QED) is 0.557. The Hall–Kier alpha value is -3.02. The minimum absolute atomic E-state index is 0.0765. The molecule has 0 spiro atoms. The van der Waals surface area contributed by atoms with Crippen molar-refractivity contribution in [2.45, 2.75) is 6.92 Å². The molecule has 6 nitrogen and oxygen atoms in total. The number of anilines is 1. The molecule has 2 N–H and O–H groups in total. The molecular weight excluding hydrogens is 282 g/mol. The van der Waals surface area contributed by atoms with Gasteiger partial charge in [0.25, 0.3) is 0 Å². The molecule has 0 saturated carbocycles. The van der Waals surface area contributed by atoms with Crippen molar-refractivity contribution < 1.29 is 14.3 Å². The Labute approximate surface area is 127 Å². The van der Waals surface area contributed by atoms with Gasteiger partial charge in [-0.15, -0.1) is 0 Å². The average Bonchev–Trinajstić information content (AvgIpc) is 2.93. The third-order valence-electron chi connectivity index (χ3n) is 2.95. The zero-order chi connectivity index (χ0) is 15.4. The predicted molar refractivity (Wildman–Crippen MR) is 84.5 cm³/mol. The second-order valence-corrected chi connectivity index (χ2v) is 4.52.